The van der Waals surface area contributed by atoms with E-state index in [4.69, 9.17) is 16.3 Å². The number of halogens is 1. The number of pyridine rings is 1. The molecule has 1 atom stereocenters. The molecule has 0 radical (unpaired) electrons. The third kappa shape index (κ3) is 3.34. The summed E-state index contributed by atoms with van der Waals surface area (Å²) in [6, 6.07) is 1.24. The van der Waals surface area contributed by atoms with Crippen molar-refractivity contribution < 1.29 is 14.6 Å². The summed E-state index contributed by atoms with van der Waals surface area (Å²) in [5.74, 6) is -0.879. The van der Waals surface area contributed by atoms with Crippen molar-refractivity contribution in [2.45, 2.75) is 46.4 Å². The van der Waals surface area contributed by atoms with Crippen LogP contribution in [0.4, 0.5) is 0 Å². The molecule has 2 aromatic heterocycles. The molecule has 2 aliphatic rings. The van der Waals surface area contributed by atoms with E-state index in [2.05, 4.69) is 37.7 Å². The van der Waals surface area contributed by atoms with Crippen LogP contribution in [0.25, 0.3) is 11.4 Å². The fourth-order valence-corrected chi connectivity index (χ4v) is 4.26. The largest absolute Gasteiger partial charge is 0.477 e. The van der Waals surface area contributed by atoms with Crippen molar-refractivity contribution in [2.75, 3.05) is 19.6 Å². The molecule has 0 aliphatic carbocycles. The van der Waals surface area contributed by atoms with Gasteiger partial charge in [0.2, 0.25) is 0 Å². The van der Waals surface area contributed by atoms with Crippen LogP contribution in [-0.4, -0.2) is 56.1 Å². The number of fused-ring (bicyclic) bond motifs is 3. The van der Waals surface area contributed by atoms with Gasteiger partial charge in [0, 0.05) is 25.4 Å². The van der Waals surface area contributed by atoms with Gasteiger partial charge in [-0.15, -0.1) is 5.10 Å². The number of nitrogens with zero attached hydrogens (tertiary/aromatic N) is 4. The Kier molecular flexibility index (Phi) is 4.74. The van der Waals surface area contributed by atoms with Crippen molar-refractivity contribution in [3.63, 3.8) is 0 Å². The number of ether oxygens (including phenoxy) is 1. The number of likely N-dealkylation sites (tertiary alicyclic amines) is 1. The number of aromatic nitrogens is 3. The van der Waals surface area contributed by atoms with Gasteiger partial charge in [-0.25, -0.2) is 4.79 Å². The molecule has 9 heteroatoms. The molecule has 4 heterocycles. The highest BCUT2D eigenvalue weighted by Crippen LogP contribution is 2.44. The highest BCUT2D eigenvalue weighted by Gasteiger charge is 2.37. The van der Waals surface area contributed by atoms with Crippen molar-refractivity contribution >= 4 is 17.6 Å². The molecule has 4 rings (SSSR count). The lowest BCUT2D eigenvalue weighted by Gasteiger charge is -2.38. The molecule has 2 aromatic rings. The number of rotatable bonds is 4. The van der Waals surface area contributed by atoms with Crippen molar-refractivity contribution in [1.29, 1.82) is 0 Å². The quantitative estimate of drug-likeness (QED) is 0.818. The Morgan fingerprint density at radius 2 is 2.03 bits per heavy atom. The van der Waals surface area contributed by atoms with E-state index in [1.807, 2.05) is 4.57 Å². The van der Waals surface area contributed by atoms with E-state index in [1.54, 1.807) is 4.68 Å². The Balaban J connectivity index is 1.80. The second-order valence-electron chi connectivity index (χ2n) is 8.77. The molecule has 8 nitrogen and oxygen atoms in total. The summed E-state index contributed by atoms with van der Waals surface area (Å²) in [6.07, 6.45) is 1.47. The number of carboxylic acids is 1. The van der Waals surface area contributed by atoms with Crippen LogP contribution in [0.15, 0.2) is 17.1 Å². The first kappa shape index (κ1) is 20.0. The summed E-state index contributed by atoms with van der Waals surface area (Å²) in [4.78, 5) is 26.2. The Morgan fingerprint density at radius 3 is 2.62 bits per heavy atom. The lowest BCUT2D eigenvalue weighted by molar-refractivity contribution is 0.0204. The second-order valence-corrected chi connectivity index (χ2v) is 9.15. The third-order valence-corrected chi connectivity index (χ3v) is 6.09. The normalized spacial score (nSPS) is 19.4. The highest BCUT2D eigenvalue weighted by atomic mass is 35.5. The van der Waals surface area contributed by atoms with Gasteiger partial charge in [0.25, 0.3) is 5.88 Å². The van der Waals surface area contributed by atoms with Crippen LogP contribution in [0, 0.1) is 5.41 Å². The summed E-state index contributed by atoms with van der Waals surface area (Å²) in [5.41, 5.74) is 0.136. The molecule has 0 saturated carbocycles. The van der Waals surface area contributed by atoms with Gasteiger partial charge >= 0.3 is 5.97 Å². The summed E-state index contributed by atoms with van der Waals surface area (Å²) >= 11 is 6.63. The van der Waals surface area contributed by atoms with Gasteiger partial charge in [-0.3, -0.25) is 14.4 Å². The predicted octanol–water partition coefficient (Wildman–Crippen LogP) is 2.75. The van der Waals surface area contributed by atoms with E-state index in [0.29, 0.717) is 28.8 Å². The summed E-state index contributed by atoms with van der Waals surface area (Å²) in [5, 5.41) is 14.3. The minimum Gasteiger partial charge on any atom is -0.477 e. The molecule has 1 saturated heterocycles. The first-order chi connectivity index (χ1) is 13.6. The van der Waals surface area contributed by atoms with Gasteiger partial charge in [0.1, 0.15) is 22.4 Å². The Labute approximate surface area is 173 Å². The minimum atomic E-state index is -1.24. The average molecular weight is 421 g/mol. The number of hydrogen-bond acceptors (Lipinski definition) is 5. The minimum absolute atomic E-state index is 0.0411. The number of hydrogen-bond donors (Lipinski definition) is 1. The molecule has 156 valence electrons. The van der Waals surface area contributed by atoms with E-state index in [0.717, 1.165) is 19.6 Å². The zero-order valence-electron chi connectivity index (χ0n) is 17.0. The van der Waals surface area contributed by atoms with E-state index >= 15 is 0 Å². The van der Waals surface area contributed by atoms with Crippen molar-refractivity contribution in [2.24, 2.45) is 5.41 Å². The van der Waals surface area contributed by atoms with Crippen LogP contribution in [0.1, 0.15) is 44.1 Å². The van der Waals surface area contributed by atoms with Crippen LogP contribution in [0.3, 0.4) is 0 Å². The molecule has 0 spiro atoms. The third-order valence-electron chi connectivity index (χ3n) is 5.75. The van der Waals surface area contributed by atoms with Crippen molar-refractivity contribution in [3.05, 3.63) is 33.1 Å². The first-order valence-corrected chi connectivity index (χ1v) is 10.1. The summed E-state index contributed by atoms with van der Waals surface area (Å²) < 4.78 is 9.63. The van der Waals surface area contributed by atoms with Crippen molar-refractivity contribution in [1.82, 2.24) is 19.2 Å². The van der Waals surface area contributed by atoms with Crippen LogP contribution >= 0.6 is 11.6 Å². The molecule has 0 aromatic carbocycles. The van der Waals surface area contributed by atoms with Gasteiger partial charge in [-0.2, -0.15) is 0 Å². The van der Waals surface area contributed by atoms with Gasteiger partial charge in [-0.1, -0.05) is 39.3 Å². The molecular weight excluding hydrogens is 396 g/mol. The number of aromatic carboxylic acids is 1. The monoisotopic (exact) mass is 420 g/mol. The van der Waals surface area contributed by atoms with Gasteiger partial charge in [-0.05, 0) is 12.0 Å². The molecule has 0 amide bonds. The lowest BCUT2D eigenvalue weighted by Crippen LogP contribution is -2.53. The lowest BCUT2D eigenvalue weighted by atomic mass is 9.85. The Morgan fingerprint density at radius 1 is 1.34 bits per heavy atom. The molecule has 0 unspecified atom stereocenters. The Bertz CT molecular complexity index is 1030. The van der Waals surface area contributed by atoms with Crippen LogP contribution in [0.2, 0.25) is 5.02 Å². The standard InChI is InChI=1S/C20H25ClN4O4/c1-5-23-7-11(8-23)29-18-16(21)17-13-6-14(26)12(19(27)28)9-24(13)15(20(2,3)4)10-25(17)22-18/h6,9,11,15H,5,7-8,10H2,1-4H3,(H,27,28)/t15-/m0/s1. The van der Waals surface area contributed by atoms with E-state index in [1.165, 1.54) is 12.3 Å². The maximum atomic E-state index is 12.4. The van der Waals surface area contributed by atoms with Crippen LogP contribution < -0.4 is 10.2 Å². The first-order valence-electron chi connectivity index (χ1n) is 9.75. The predicted molar refractivity (Wildman–Crippen MR) is 109 cm³/mol. The second kappa shape index (κ2) is 6.88. The van der Waals surface area contributed by atoms with Crippen LogP contribution in [0.5, 0.6) is 5.88 Å². The maximum Gasteiger partial charge on any atom is 0.341 e. The molecule has 2 aliphatic heterocycles. The fourth-order valence-electron chi connectivity index (χ4n) is 3.98. The molecule has 0 bridgehead atoms. The number of carboxylic acid groups (broad SMARTS) is 1. The van der Waals surface area contributed by atoms with Gasteiger partial charge in [0.05, 0.1) is 18.3 Å². The van der Waals surface area contributed by atoms with E-state index in [-0.39, 0.29) is 23.1 Å². The summed E-state index contributed by atoms with van der Waals surface area (Å²) in [7, 11) is 0. The van der Waals surface area contributed by atoms with Crippen LogP contribution in [-0.2, 0) is 6.54 Å². The highest BCUT2D eigenvalue weighted by molar-refractivity contribution is 6.34. The SMILES string of the molecule is CCN1CC(Oc2nn3c(c2Cl)-c2cc(=O)c(C(=O)O)cn2[C@H](C(C)(C)C)C3)C1. The summed E-state index contributed by atoms with van der Waals surface area (Å²) in [6.45, 7) is 11.5. The average Bonchev–Trinajstić information content (AvgIpc) is 2.91. The number of carbonyl (C=O) groups is 1. The zero-order chi connectivity index (χ0) is 21.1. The zero-order valence-corrected chi connectivity index (χ0v) is 17.7. The molecular formula is C20H25ClN4O4. The smallest absolute Gasteiger partial charge is 0.341 e. The number of likely N-dealkylation sites (N-methyl/N-ethyl adjacent to an activating group) is 1. The molecule has 1 N–H and O–H groups in total. The van der Waals surface area contributed by atoms with Crippen molar-refractivity contribution in [3.8, 4) is 17.3 Å². The molecule has 1 fully saturated rings. The Hall–Kier alpha value is -2.32. The van der Waals surface area contributed by atoms with Gasteiger partial charge in [0.15, 0.2) is 5.43 Å². The van der Waals surface area contributed by atoms with Gasteiger partial charge < -0.3 is 14.4 Å². The van der Waals surface area contributed by atoms with E-state index < -0.39 is 11.4 Å². The fraction of sp³-hybridized carbons (Fsp3) is 0.550. The maximum absolute atomic E-state index is 12.4. The topological polar surface area (TPSA) is 89.6 Å². The molecule has 29 heavy (non-hydrogen) atoms. The van der Waals surface area contributed by atoms with E-state index in [9.17, 15) is 14.7 Å².